The quantitative estimate of drug-likeness (QED) is 0.837. The molecule has 19 heavy (non-hydrogen) atoms. The van der Waals surface area contributed by atoms with E-state index >= 15 is 0 Å². The van der Waals surface area contributed by atoms with Crippen LogP contribution >= 0.6 is 0 Å². The highest BCUT2D eigenvalue weighted by atomic mass is 14.7. The van der Waals surface area contributed by atoms with E-state index in [1.807, 2.05) is 0 Å². The van der Waals surface area contributed by atoms with E-state index in [-0.39, 0.29) is 6.04 Å². The fourth-order valence-electron chi connectivity index (χ4n) is 3.78. The van der Waals surface area contributed by atoms with Crippen molar-refractivity contribution in [2.75, 3.05) is 0 Å². The van der Waals surface area contributed by atoms with Gasteiger partial charge in [-0.3, -0.25) is 0 Å². The van der Waals surface area contributed by atoms with Crippen LogP contribution in [0.1, 0.15) is 69.7 Å². The Hall–Kier alpha value is -0.820. The Morgan fingerprint density at radius 1 is 1.21 bits per heavy atom. The van der Waals surface area contributed by atoms with Crippen molar-refractivity contribution in [2.45, 2.75) is 65.8 Å². The lowest BCUT2D eigenvalue weighted by Crippen LogP contribution is -2.29. The zero-order valence-corrected chi connectivity index (χ0v) is 13.0. The fourth-order valence-corrected chi connectivity index (χ4v) is 3.78. The van der Waals surface area contributed by atoms with Gasteiger partial charge in [-0.1, -0.05) is 52.3 Å². The Kier molecular flexibility index (Phi) is 4.35. The smallest absolute Gasteiger partial charge is 0.0328 e. The van der Waals surface area contributed by atoms with Crippen LogP contribution in [0, 0.1) is 11.3 Å². The lowest BCUT2D eigenvalue weighted by molar-refractivity contribution is 0.222. The monoisotopic (exact) mass is 259 g/mol. The highest BCUT2D eigenvalue weighted by Crippen LogP contribution is 2.47. The largest absolute Gasteiger partial charge is 0.324 e. The molecule has 0 aliphatic heterocycles. The first-order chi connectivity index (χ1) is 8.99. The van der Waals surface area contributed by atoms with Crippen molar-refractivity contribution in [3.05, 3.63) is 34.9 Å². The van der Waals surface area contributed by atoms with Crippen LogP contribution in [0.25, 0.3) is 0 Å². The summed E-state index contributed by atoms with van der Waals surface area (Å²) in [5, 5.41) is 0. The van der Waals surface area contributed by atoms with Gasteiger partial charge in [0.2, 0.25) is 0 Å². The predicted octanol–water partition coefficient (Wildman–Crippen LogP) is 4.64. The Morgan fingerprint density at radius 3 is 2.42 bits per heavy atom. The number of rotatable bonds is 4. The van der Waals surface area contributed by atoms with Gasteiger partial charge in [0.05, 0.1) is 0 Å². The minimum absolute atomic E-state index is 0.203. The van der Waals surface area contributed by atoms with Gasteiger partial charge in [0.15, 0.2) is 0 Å². The van der Waals surface area contributed by atoms with E-state index < -0.39 is 0 Å². The summed E-state index contributed by atoms with van der Waals surface area (Å²) < 4.78 is 0. The maximum atomic E-state index is 6.59. The molecular formula is C18H29N. The summed E-state index contributed by atoms with van der Waals surface area (Å²) in [6, 6.07) is 7.11. The second-order valence-electron chi connectivity index (χ2n) is 6.75. The third-order valence-electron chi connectivity index (χ3n) is 5.15. The van der Waals surface area contributed by atoms with Crippen LogP contribution in [-0.4, -0.2) is 0 Å². The van der Waals surface area contributed by atoms with E-state index in [0.29, 0.717) is 11.3 Å². The molecule has 1 aliphatic carbocycles. The Balaban J connectivity index is 2.26. The molecule has 0 radical (unpaired) electrons. The van der Waals surface area contributed by atoms with Crippen LogP contribution in [-0.2, 0) is 12.8 Å². The number of aryl methyl sites for hydroxylation is 2. The molecule has 1 aliphatic rings. The molecule has 1 heteroatoms. The van der Waals surface area contributed by atoms with E-state index in [1.54, 1.807) is 0 Å². The highest BCUT2D eigenvalue weighted by Gasteiger charge is 2.38. The molecule has 0 bridgehead atoms. The standard InChI is InChI=1S/C18H29N/c1-5-13-9-10-15(12-14(13)6-2)17(19)16-8-7-11-18(16,3)4/h9-10,12,16-17H,5-8,11,19H2,1-4H3. The van der Waals surface area contributed by atoms with E-state index in [9.17, 15) is 0 Å². The molecular weight excluding hydrogens is 230 g/mol. The summed E-state index contributed by atoms with van der Waals surface area (Å²) >= 11 is 0. The molecule has 1 aromatic rings. The van der Waals surface area contributed by atoms with Crippen molar-refractivity contribution in [1.82, 2.24) is 0 Å². The summed E-state index contributed by atoms with van der Waals surface area (Å²) in [6.07, 6.45) is 6.16. The molecule has 106 valence electrons. The van der Waals surface area contributed by atoms with E-state index in [4.69, 9.17) is 5.73 Å². The minimum Gasteiger partial charge on any atom is -0.324 e. The summed E-state index contributed by atoms with van der Waals surface area (Å²) in [7, 11) is 0. The molecule has 1 fully saturated rings. The van der Waals surface area contributed by atoms with E-state index in [1.165, 1.54) is 36.0 Å². The van der Waals surface area contributed by atoms with Gasteiger partial charge in [0.25, 0.3) is 0 Å². The Bertz CT molecular complexity index is 433. The van der Waals surface area contributed by atoms with Gasteiger partial charge in [0, 0.05) is 6.04 Å². The van der Waals surface area contributed by atoms with Gasteiger partial charge in [-0.25, -0.2) is 0 Å². The average molecular weight is 259 g/mol. The molecule has 0 spiro atoms. The maximum Gasteiger partial charge on any atom is 0.0328 e. The van der Waals surface area contributed by atoms with Gasteiger partial charge in [-0.15, -0.1) is 0 Å². The van der Waals surface area contributed by atoms with Crippen molar-refractivity contribution in [2.24, 2.45) is 17.1 Å². The topological polar surface area (TPSA) is 26.0 Å². The molecule has 1 saturated carbocycles. The van der Waals surface area contributed by atoms with Gasteiger partial charge in [-0.2, -0.15) is 0 Å². The lowest BCUT2D eigenvalue weighted by atomic mass is 9.75. The van der Waals surface area contributed by atoms with Crippen molar-refractivity contribution >= 4 is 0 Å². The number of benzene rings is 1. The zero-order valence-electron chi connectivity index (χ0n) is 13.0. The van der Waals surface area contributed by atoms with Crippen LogP contribution in [0.4, 0.5) is 0 Å². The van der Waals surface area contributed by atoms with Crippen LogP contribution in [0.15, 0.2) is 18.2 Å². The molecule has 0 heterocycles. The van der Waals surface area contributed by atoms with Crippen LogP contribution < -0.4 is 5.73 Å². The fraction of sp³-hybridized carbons (Fsp3) is 0.667. The average Bonchev–Trinajstić information content (AvgIpc) is 2.76. The van der Waals surface area contributed by atoms with Gasteiger partial charge in [0.1, 0.15) is 0 Å². The van der Waals surface area contributed by atoms with Crippen molar-refractivity contribution < 1.29 is 0 Å². The molecule has 0 aromatic heterocycles. The van der Waals surface area contributed by atoms with Crippen molar-refractivity contribution in [1.29, 1.82) is 0 Å². The maximum absolute atomic E-state index is 6.59. The summed E-state index contributed by atoms with van der Waals surface area (Å²) in [6.45, 7) is 9.23. The molecule has 0 amide bonds. The van der Waals surface area contributed by atoms with Gasteiger partial charge < -0.3 is 5.73 Å². The van der Waals surface area contributed by atoms with Gasteiger partial charge >= 0.3 is 0 Å². The molecule has 2 atom stereocenters. The van der Waals surface area contributed by atoms with Crippen LogP contribution in [0.2, 0.25) is 0 Å². The van der Waals surface area contributed by atoms with Crippen molar-refractivity contribution in [3.63, 3.8) is 0 Å². The predicted molar refractivity (Wildman–Crippen MR) is 83.2 cm³/mol. The number of hydrogen-bond acceptors (Lipinski definition) is 1. The third kappa shape index (κ3) is 2.86. The number of nitrogens with two attached hydrogens (primary N) is 1. The van der Waals surface area contributed by atoms with Crippen molar-refractivity contribution in [3.8, 4) is 0 Å². The minimum atomic E-state index is 0.203. The Morgan fingerprint density at radius 2 is 1.89 bits per heavy atom. The molecule has 1 aromatic carbocycles. The normalized spacial score (nSPS) is 23.5. The zero-order chi connectivity index (χ0) is 14.0. The third-order valence-corrected chi connectivity index (χ3v) is 5.15. The van der Waals surface area contributed by atoms with E-state index in [2.05, 4.69) is 45.9 Å². The molecule has 2 unspecified atom stereocenters. The Labute approximate surface area is 118 Å². The lowest BCUT2D eigenvalue weighted by Gasteiger charge is -2.32. The highest BCUT2D eigenvalue weighted by molar-refractivity contribution is 5.34. The molecule has 2 N–H and O–H groups in total. The first-order valence-electron chi connectivity index (χ1n) is 7.87. The van der Waals surface area contributed by atoms with Crippen LogP contribution in [0.3, 0.4) is 0 Å². The second kappa shape index (κ2) is 5.66. The van der Waals surface area contributed by atoms with Gasteiger partial charge in [-0.05, 0) is 53.7 Å². The first kappa shape index (κ1) is 14.6. The number of hydrogen-bond donors (Lipinski definition) is 1. The molecule has 2 rings (SSSR count). The van der Waals surface area contributed by atoms with Crippen LogP contribution in [0.5, 0.6) is 0 Å². The summed E-state index contributed by atoms with van der Waals surface area (Å²) in [5.41, 5.74) is 11.3. The SMILES string of the molecule is CCc1ccc(C(N)C2CCCC2(C)C)cc1CC. The first-order valence-corrected chi connectivity index (χ1v) is 7.87. The summed E-state index contributed by atoms with van der Waals surface area (Å²) in [5.74, 6) is 0.629. The molecule has 0 saturated heterocycles. The second-order valence-corrected chi connectivity index (χ2v) is 6.75. The summed E-state index contributed by atoms with van der Waals surface area (Å²) in [4.78, 5) is 0. The molecule has 1 nitrogen and oxygen atoms in total. The van der Waals surface area contributed by atoms with E-state index in [0.717, 1.165) is 12.8 Å².